The molecule has 0 spiro atoms. The lowest BCUT2D eigenvalue weighted by molar-refractivity contribution is -0.709. The lowest BCUT2D eigenvalue weighted by atomic mass is 10.1. The molecule has 0 fully saturated rings. The molecule has 0 saturated carbocycles. The van der Waals surface area contributed by atoms with Crippen LogP contribution < -0.4 is 17.0 Å². The molecular formula is C19H15ClN2O. The zero-order valence-corrected chi connectivity index (χ0v) is 13.4. The summed E-state index contributed by atoms with van der Waals surface area (Å²) >= 11 is 0. The number of aromatic nitrogens is 2. The Balaban J connectivity index is 0.00000156. The zero-order chi connectivity index (χ0) is 14.9. The monoisotopic (exact) mass is 322 g/mol. The Morgan fingerprint density at radius 1 is 0.826 bits per heavy atom. The minimum Gasteiger partial charge on any atom is -1.00 e. The quantitative estimate of drug-likeness (QED) is 0.517. The smallest absolute Gasteiger partial charge is 0.366 e. The van der Waals surface area contributed by atoms with Crippen LogP contribution in [-0.2, 0) is 0 Å². The Hall–Kier alpha value is -2.65. The van der Waals surface area contributed by atoms with Gasteiger partial charge < -0.3 is 16.9 Å². The zero-order valence-electron chi connectivity index (χ0n) is 12.6. The molecule has 0 amide bonds. The molecule has 2 aromatic carbocycles. The molecular weight excluding hydrogens is 308 g/mol. The summed E-state index contributed by atoms with van der Waals surface area (Å²) in [4.78, 5) is 4.72. The summed E-state index contributed by atoms with van der Waals surface area (Å²) in [7, 11) is 0. The topological polar surface area (TPSA) is 30.1 Å². The fourth-order valence-electron chi connectivity index (χ4n) is 2.62. The summed E-state index contributed by atoms with van der Waals surface area (Å²) in [5.74, 6) is 0.842. The highest BCUT2D eigenvalue weighted by Crippen LogP contribution is 2.23. The van der Waals surface area contributed by atoms with Crippen LogP contribution in [0.3, 0.4) is 0 Å². The van der Waals surface area contributed by atoms with E-state index >= 15 is 0 Å². The van der Waals surface area contributed by atoms with E-state index in [4.69, 9.17) is 9.51 Å². The average Bonchev–Trinajstić information content (AvgIpc) is 2.95. The van der Waals surface area contributed by atoms with Crippen molar-refractivity contribution < 1.29 is 21.5 Å². The van der Waals surface area contributed by atoms with E-state index in [1.807, 2.05) is 49.4 Å². The second-order valence-corrected chi connectivity index (χ2v) is 5.26. The van der Waals surface area contributed by atoms with Crippen LogP contribution >= 0.6 is 0 Å². The predicted molar refractivity (Wildman–Crippen MR) is 85.3 cm³/mol. The molecule has 0 aliphatic carbocycles. The Kier molecular flexibility index (Phi) is 4.13. The first-order valence-electron chi connectivity index (χ1n) is 7.26. The van der Waals surface area contributed by atoms with Gasteiger partial charge in [0.05, 0.1) is 6.07 Å². The van der Waals surface area contributed by atoms with Crippen molar-refractivity contribution >= 4 is 5.65 Å². The van der Waals surface area contributed by atoms with Gasteiger partial charge in [0.25, 0.3) is 0 Å². The largest absolute Gasteiger partial charge is 1.00 e. The van der Waals surface area contributed by atoms with E-state index in [9.17, 15) is 0 Å². The Morgan fingerprint density at radius 3 is 2.09 bits per heavy atom. The number of halogens is 1. The van der Waals surface area contributed by atoms with Crippen LogP contribution in [0.2, 0.25) is 0 Å². The molecule has 0 bridgehead atoms. The van der Waals surface area contributed by atoms with E-state index in [2.05, 4.69) is 30.3 Å². The number of benzene rings is 2. The standard InChI is InChI=1S/C19H15N2O.ClH/c1-14-12-19-20-17(15-8-4-2-5-9-15)13-18(21(19)22-14)16-10-6-3-7-11-16;/h2-13H,1H3;1H/q+1;/p-1. The highest BCUT2D eigenvalue weighted by molar-refractivity contribution is 5.67. The van der Waals surface area contributed by atoms with Crippen LogP contribution in [-0.4, -0.2) is 4.98 Å². The van der Waals surface area contributed by atoms with Gasteiger partial charge in [0, 0.05) is 17.2 Å². The molecule has 4 rings (SSSR count). The molecule has 0 atom stereocenters. The van der Waals surface area contributed by atoms with Gasteiger partial charge in [-0.1, -0.05) is 60.7 Å². The van der Waals surface area contributed by atoms with E-state index in [0.29, 0.717) is 0 Å². The predicted octanol–water partition coefficient (Wildman–Crippen LogP) is 1.06. The summed E-state index contributed by atoms with van der Waals surface area (Å²) < 4.78 is 7.59. The molecule has 0 saturated heterocycles. The highest BCUT2D eigenvalue weighted by atomic mass is 35.5. The van der Waals surface area contributed by atoms with Crippen molar-refractivity contribution in [2.45, 2.75) is 6.92 Å². The van der Waals surface area contributed by atoms with E-state index in [1.54, 1.807) is 4.57 Å². The van der Waals surface area contributed by atoms with E-state index in [-0.39, 0.29) is 12.4 Å². The van der Waals surface area contributed by atoms with E-state index in [1.165, 1.54) is 0 Å². The summed E-state index contributed by atoms with van der Waals surface area (Å²) in [5.41, 5.74) is 4.96. The van der Waals surface area contributed by atoms with Gasteiger partial charge >= 0.3 is 5.65 Å². The van der Waals surface area contributed by atoms with Gasteiger partial charge in [0.2, 0.25) is 0 Å². The maximum atomic E-state index is 5.80. The van der Waals surface area contributed by atoms with Crippen LogP contribution in [0.5, 0.6) is 0 Å². The van der Waals surface area contributed by atoms with Crippen molar-refractivity contribution in [3.05, 3.63) is 78.6 Å². The van der Waals surface area contributed by atoms with Crippen LogP contribution in [0.4, 0.5) is 0 Å². The van der Waals surface area contributed by atoms with E-state index < -0.39 is 0 Å². The van der Waals surface area contributed by atoms with Gasteiger partial charge in [-0.05, 0) is 16.5 Å². The lowest BCUT2D eigenvalue weighted by Crippen LogP contribution is -3.00. The molecule has 114 valence electrons. The van der Waals surface area contributed by atoms with Crippen molar-refractivity contribution in [3.63, 3.8) is 0 Å². The first kappa shape index (κ1) is 15.3. The van der Waals surface area contributed by atoms with Crippen molar-refractivity contribution in [2.75, 3.05) is 0 Å². The van der Waals surface area contributed by atoms with E-state index in [0.717, 1.165) is 33.9 Å². The third-order valence-electron chi connectivity index (χ3n) is 3.64. The summed E-state index contributed by atoms with van der Waals surface area (Å²) in [5, 5.41) is 0. The molecule has 4 aromatic rings. The molecule has 2 aromatic heterocycles. The van der Waals surface area contributed by atoms with Crippen molar-refractivity contribution in [3.8, 4) is 22.5 Å². The molecule has 0 aliphatic heterocycles. The van der Waals surface area contributed by atoms with Gasteiger partial charge in [-0.3, -0.25) is 0 Å². The molecule has 0 radical (unpaired) electrons. The Bertz CT molecular complexity index is 934. The molecule has 4 heteroatoms. The first-order chi connectivity index (χ1) is 10.8. The third-order valence-corrected chi connectivity index (χ3v) is 3.64. The number of fused-ring (bicyclic) bond motifs is 1. The Labute approximate surface area is 140 Å². The summed E-state index contributed by atoms with van der Waals surface area (Å²) in [6.07, 6.45) is 0. The number of hydrogen-bond acceptors (Lipinski definition) is 2. The van der Waals surface area contributed by atoms with Crippen LogP contribution in [0.1, 0.15) is 5.76 Å². The summed E-state index contributed by atoms with van der Waals surface area (Å²) in [6.45, 7) is 1.94. The molecule has 3 nitrogen and oxygen atoms in total. The average molecular weight is 323 g/mol. The SMILES string of the molecule is Cc1cc2nc(-c3ccccc3)cc(-c3ccccc3)[n+]2o1.[Cl-]. The fraction of sp³-hybridized carbons (Fsp3) is 0.0526. The second kappa shape index (κ2) is 6.23. The minimum absolute atomic E-state index is 0. The van der Waals surface area contributed by atoms with Crippen LogP contribution in [0.15, 0.2) is 77.3 Å². The maximum Gasteiger partial charge on any atom is 0.366 e. The molecule has 23 heavy (non-hydrogen) atoms. The summed E-state index contributed by atoms with van der Waals surface area (Å²) in [6, 6.07) is 24.5. The fourth-order valence-corrected chi connectivity index (χ4v) is 2.62. The number of aryl methyl sites for hydroxylation is 1. The Morgan fingerprint density at radius 2 is 1.43 bits per heavy atom. The normalized spacial score (nSPS) is 10.5. The first-order valence-corrected chi connectivity index (χ1v) is 7.26. The molecule has 0 unspecified atom stereocenters. The van der Waals surface area contributed by atoms with Gasteiger partial charge in [-0.25, -0.2) is 0 Å². The van der Waals surface area contributed by atoms with Crippen molar-refractivity contribution in [1.82, 2.24) is 4.98 Å². The molecule has 0 N–H and O–H groups in total. The third kappa shape index (κ3) is 2.83. The maximum absolute atomic E-state index is 5.80. The number of rotatable bonds is 2. The van der Waals surface area contributed by atoms with Crippen LogP contribution in [0, 0.1) is 6.92 Å². The van der Waals surface area contributed by atoms with Gasteiger partial charge in [0.15, 0.2) is 17.1 Å². The van der Waals surface area contributed by atoms with Crippen molar-refractivity contribution in [1.29, 1.82) is 0 Å². The number of hydrogen-bond donors (Lipinski definition) is 0. The number of nitrogens with zero attached hydrogens (tertiary/aromatic N) is 2. The van der Waals surface area contributed by atoms with Crippen LogP contribution in [0.25, 0.3) is 28.2 Å². The highest BCUT2D eigenvalue weighted by Gasteiger charge is 2.20. The second-order valence-electron chi connectivity index (χ2n) is 5.26. The van der Waals surface area contributed by atoms with Gasteiger partial charge in [0.1, 0.15) is 0 Å². The van der Waals surface area contributed by atoms with Gasteiger partial charge in [-0.15, -0.1) is 0 Å². The lowest BCUT2D eigenvalue weighted by Gasteiger charge is -2.00. The molecule has 0 aliphatic rings. The minimum atomic E-state index is 0. The van der Waals surface area contributed by atoms with Crippen molar-refractivity contribution in [2.24, 2.45) is 0 Å². The van der Waals surface area contributed by atoms with Gasteiger partial charge in [-0.2, -0.15) is 0 Å². The molecule has 2 heterocycles.